The summed E-state index contributed by atoms with van der Waals surface area (Å²) in [7, 11) is 0. The Bertz CT molecular complexity index is 1080. The average Bonchev–Trinajstić information content (AvgIpc) is 3.23. The minimum absolute atomic E-state index is 0.0672. The Morgan fingerprint density at radius 2 is 1.53 bits per heavy atom. The number of unbranched alkanes of at least 4 members (excludes halogenated alkanes) is 2. The Hall–Kier alpha value is -2.93. The van der Waals surface area contributed by atoms with Gasteiger partial charge in [-0.3, -0.25) is 9.36 Å². The standard InChI is InChI=1S/C29H44N6O/c1-6-10-20-34(21-11-7-2)27-18-17-26-28(32-27)35(22-12-19-33(8-3)9-4)29(31-26)30-25-15-13-24(14-16-25)23(5)36/h13-18H,6-12,19-22H2,1-5H3,(H,30,31). The molecule has 0 spiro atoms. The van der Waals surface area contributed by atoms with Crippen LogP contribution >= 0.6 is 0 Å². The number of fused-ring (bicyclic) bond motifs is 1. The fraction of sp³-hybridized carbons (Fsp3) is 0.552. The zero-order chi connectivity index (χ0) is 25.9. The highest BCUT2D eigenvalue weighted by atomic mass is 16.1. The van der Waals surface area contributed by atoms with Crippen molar-refractivity contribution >= 4 is 34.4 Å². The Kier molecular flexibility index (Phi) is 10.7. The largest absolute Gasteiger partial charge is 0.357 e. The number of ketones is 1. The lowest BCUT2D eigenvalue weighted by molar-refractivity contribution is 0.101. The van der Waals surface area contributed by atoms with E-state index in [9.17, 15) is 4.79 Å². The van der Waals surface area contributed by atoms with Crippen LogP contribution in [0.25, 0.3) is 11.2 Å². The van der Waals surface area contributed by atoms with Gasteiger partial charge in [0.1, 0.15) is 11.3 Å². The number of nitrogens with zero attached hydrogens (tertiary/aromatic N) is 5. The maximum Gasteiger partial charge on any atom is 0.209 e. The van der Waals surface area contributed by atoms with Crippen molar-refractivity contribution < 1.29 is 4.79 Å². The van der Waals surface area contributed by atoms with Crippen LogP contribution in [-0.4, -0.2) is 57.9 Å². The molecule has 0 aliphatic carbocycles. The van der Waals surface area contributed by atoms with Gasteiger partial charge in [-0.25, -0.2) is 9.97 Å². The highest BCUT2D eigenvalue weighted by molar-refractivity contribution is 5.94. The second-order valence-electron chi connectivity index (χ2n) is 9.43. The lowest BCUT2D eigenvalue weighted by Gasteiger charge is -2.23. The molecule has 0 aliphatic rings. The average molecular weight is 493 g/mol. The zero-order valence-electron chi connectivity index (χ0n) is 22.9. The van der Waals surface area contributed by atoms with Crippen LogP contribution in [0.2, 0.25) is 0 Å². The topological polar surface area (TPSA) is 66.3 Å². The van der Waals surface area contributed by atoms with Crippen molar-refractivity contribution in [3.8, 4) is 0 Å². The molecule has 0 unspecified atom stereocenters. The number of Topliss-reactive ketones (excluding diaryl/α,β-unsaturated/α-hetero) is 1. The van der Waals surface area contributed by atoms with Crippen LogP contribution in [0.4, 0.5) is 17.5 Å². The molecule has 7 nitrogen and oxygen atoms in total. The Morgan fingerprint density at radius 1 is 0.861 bits per heavy atom. The Morgan fingerprint density at radius 3 is 2.11 bits per heavy atom. The molecule has 1 aromatic carbocycles. The molecule has 0 fully saturated rings. The summed E-state index contributed by atoms with van der Waals surface area (Å²) in [5.41, 5.74) is 3.44. The monoisotopic (exact) mass is 492 g/mol. The number of pyridine rings is 1. The van der Waals surface area contributed by atoms with Gasteiger partial charge >= 0.3 is 0 Å². The SMILES string of the molecule is CCCCN(CCCC)c1ccc2nc(Nc3ccc(C(C)=O)cc3)n(CCCN(CC)CC)c2n1. The molecule has 1 N–H and O–H groups in total. The molecule has 0 amide bonds. The first kappa shape index (κ1) is 27.7. The molecule has 7 heteroatoms. The van der Waals surface area contributed by atoms with Gasteiger partial charge in [0.25, 0.3) is 0 Å². The number of benzene rings is 1. The van der Waals surface area contributed by atoms with Crippen molar-refractivity contribution in [1.29, 1.82) is 0 Å². The van der Waals surface area contributed by atoms with Crippen LogP contribution in [0.3, 0.4) is 0 Å². The van der Waals surface area contributed by atoms with Crippen LogP contribution in [0, 0.1) is 0 Å². The third-order valence-corrected chi connectivity index (χ3v) is 6.76. The number of hydrogen-bond acceptors (Lipinski definition) is 6. The quantitative estimate of drug-likeness (QED) is 0.230. The maximum absolute atomic E-state index is 11.7. The van der Waals surface area contributed by atoms with E-state index in [1.807, 2.05) is 24.3 Å². The summed E-state index contributed by atoms with van der Waals surface area (Å²) in [6, 6.07) is 11.8. The summed E-state index contributed by atoms with van der Waals surface area (Å²) in [6.07, 6.45) is 5.69. The van der Waals surface area contributed by atoms with E-state index in [1.165, 1.54) is 12.8 Å². The number of carbonyl (C=O) groups is 1. The van der Waals surface area contributed by atoms with Crippen molar-refractivity contribution in [3.05, 3.63) is 42.0 Å². The fourth-order valence-corrected chi connectivity index (χ4v) is 4.42. The zero-order valence-corrected chi connectivity index (χ0v) is 22.9. The maximum atomic E-state index is 11.7. The van der Waals surface area contributed by atoms with Crippen molar-refractivity contribution in [3.63, 3.8) is 0 Å². The van der Waals surface area contributed by atoms with E-state index < -0.39 is 0 Å². The summed E-state index contributed by atoms with van der Waals surface area (Å²) in [5.74, 6) is 1.89. The van der Waals surface area contributed by atoms with Crippen LogP contribution in [-0.2, 0) is 6.54 Å². The van der Waals surface area contributed by atoms with E-state index in [0.717, 1.165) is 87.1 Å². The summed E-state index contributed by atoms with van der Waals surface area (Å²) in [5, 5.41) is 3.48. The normalized spacial score (nSPS) is 11.4. The predicted octanol–water partition coefficient (Wildman–Crippen LogP) is 6.52. The molecule has 36 heavy (non-hydrogen) atoms. The van der Waals surface area contributed by atoms with Gasteiger partial charge in [0, 0.05) is 30.9 Å². The molecule has 0 saturated carbocycles. The minimum Gasteiger partial charge on any atom is -0.357 e. The van der Waals surface area contributed by atoms with Crippen LogP contribution in [0.5, 0.6) is 0 Å². The lowest BCUT2D eigenvalue weighted by atomic mass is 10.1. The van der Waals surface area contributed by atoms with E-state index in [0.29, 0.717) is 5.56 Å². The molecule has 3 rings (SSSR count). The molecule has 0 aliphatic heterocycles. The van der Waals surface area contributed by atoms with E-state index in [-0.39, 0.29) is 5.78 Å². The first-order valence-corrected chi connectivity index (χ1v) is 13.7. The molecule has 0 radical (unpaired) electrons. The second kappa shape index (κ2) is 14.0. The third kappa shape index (κ3) is 7.29. The lowest BCUT2D eigenvalue weighted by Crippen LogP contribution is -2.26. The first-order chi connectivity index (χ1) is 17.5. The van der Waals surface area contributed by atoms with Gasteiger partial charge in [-0.15, -0.1) is 0 Å². The van der Waals surface area contributed by atoms with Gasteiger partial charge in [0.15, 0.2) is 11.4 Å². The minimum atomic E-state index is 0.0672. The van der Waals surface area contributed by atoms with Gasteiger partial charge < -0.3 is 15.1 Å². The number of hydrogen-bond donors (Lipinski definition) is 1. The summed E-state index contributed by atoms with van der Waals surface area (Å²) in [4.78, 5) is 26.6. The number of aromatic nitrogens is 3. The Balaban J connectivity index is 1.94. The molecule has 3 aromatic rings. The van der Waals surface area contributed by atoms with Crippen LogP contribution in [0.15, 0.2) is 36.4 Å². The number of anilines is 3. The highest BCUT2D eigenvalue weighted by Crippen LogP contribution is 2.25. The summed E-state index contributed by atoms with van der Waals surface area (Å²) < 4.78 is 2.22. The fourth-order valence-electron chi connectivity index (χ4n) is 4.42. The van der Waals surface area contributed by atoms with Crippen molar-refractivity contribution in [2.45, 2.75) is 73.3 Å². The molecule has 2 aromatic heterocycles. The van der Waals surface area contributed by atoms with Gasteiger partial charge in [0.05, 0.1) is 0 Å². The molecule has 2 heterocycles. The summed E-state index contributed by atoms with van der Waals surface area (Å²) >= 11 is 0. The van der Waals surface area contributed by atoms with E-state index in [4.69, 9.17) is 9.97 Å². The second-order valence-corrected chi connectivity index (χ2v) is 9.43. The third-order valence-electron chi connectivity index (χ3n) is 6.76. The van der Waals surface area contributed by atoms with E-state index in [2.05, 4.69) is 59.5 Å². The summed E-state index contributed by atoms with van der Waals surface area (Å²) in [6.45, 7) is 16.5. The Labute approximate surface area is 216 Å². The van der Waals surface area contributed by atoms with E-state index >= 15 is 0 Å². The molecular weight excluding hydrogens is 448 g/mol. The van der Waals surface area contributed by atoms with Gasteiger partial charge in [0.2, 0.25) is 5.95 Å². The first-order valence-electron chi connectivity index (χ1n) is 13.7. The molecular formula is C29H44N6O. The van der Waals surface area contributed by atoms with Gasteiger partial charge in [-0.1, -0.05) is 40.5 Å². The predicted molar refractivity (Wildman–Crippen MR) is 152 cm³/mol. The number of nitrogens with one attached hydrogen (secondary N) is 1. The number of imidazole rings is 1. The molecule has 0 bridgehead atoms. The molecule has 0 atom stereocenters. The molecule has 196 valence electrons. The van der Waals surface area contributed by atoms with Crippen LogP contribution in [0.1, 0.15) is 77.1 Å². The number of carbonyl (C=O) groups excluding carboxylic acids is 1. The highest BCUT2D eigenvalue weighted by Gasteiger charge is 2.16. The van der Waals surface area contributed by atoms with E-state index in [1.54, 1.807) is 6.92 Å². The van der Waals surface area contributed by atoms with Gasteiger partial charge in [-0.2, -0.15) is 0 Å². The number of aryl methyl sites for hydroxylation is 1. The van der Waals surface area contributed by atoms with Crippen molar-refractivity contribution in [2.75, 3.05) is 42.9 Å². The van der Waals surface area contributed by atoms with Crippen molar-refractivity contribution in [1.82, 2.24) is 19.4 Å². The smallest absolute Gasteiger partial charge is 0.209 e. The van der Waals surface area contributed by atoms with Gasteiger partial charge in [-0.05, 0) is 82.2 Å². The van der Waals surface area contributed by atoms with Crippen molar-refractivity contribution in [2.24, 2.45) is 0 Å². The number of rotatable bonds is 16. The van der Waals surface area contributed by atoms with Crippen LogP contribution < -0.4 is 10.2 Å². The molecule has 0 saturated heterocycles.